The molecule has 1 aromatic carbocycles. The molecule has 112 valence electrons. The number of esters is 1. The van der Waals surface area contributed by atoms with Crippen molar-refractivity contribution in [2.75, 3.05) is 0 Å². The topological polar surface area (TPSA) is 61.5 Å². The zero-order valence-corrected chi connectivity index (χ0v) is 12.3. The molecule has 5 heteroatoms. The molecule has 0 aromatic heterocycles. The van der Waals surface area contributed by atoms with E-state index in [-0.39, 0.29) is 17.8 Å². The van der Waals surface area contributed by atoms with Crippen molar-refractivity contribution < 1.29 is 18.7 Å². The van der Waals surface area contributed by atoms with Gasteiger partial charge in [-0.25, -0.2) is 4.39 Å². The van der Waals surface area contributed by atoms with Crippen molar-refractivity contribution in [3.8, 4) is 5.75 Å². The monoisotopic (exact) mass is 283 g/mol. The van der Waals surface area contributed by atoms with E-state index in [1.807, 2.05) is 13.8 Å². The maximum absolute atomic E-state index is 13.2. The number of hydrogen-bond donors (Lipinski definition) is 1. The standard InChI is InChI=1S/C15H22FNO3/c1-9(2)14(11(4)19-15(18)10(3)17)20-13-7-5-6-12(16)8-13/h5-11,14H,17H2,1-4H3/t10-,11-,14+/m0/s1. The van der Waals surface area contributed by atoms with Crippen LogP contribution in [0.25, 0.3) is 0 Å². The summed E-state index contributed by atoms with van der Waals surface area (Å²) in [5, 5.41) is 0. The van der Waals surface area contributed by atoms with Crippen molar-refractivity contribution >= 4 is 5.97 Å². The molecule has 0 radical (unpaired) electrons. The highest BCUT2D eigenvalue weighted by molar-refractivity contribution is 5.75. The number of nitrogens with two attached hydrogens (primary N) is 1. The van der Waals surface area contributed by atoms with Crippen LogP contribution in [0.1, 0.15) is 27.7 Å². The molecule has 20 heavy (non-hydrogen) atoms. The molecule has 0 aliphatic rings. The fourth-order valence-electron chi connectivity index (χ4n) is 1.83. The summed E-state index contributed by atoms with van der Waals surface area (Å²) < 4.78 is 24.1. The third-order valence-corrected chi connectivity index (χ3v) is 2.86. The number of carbonyl (C=O) groups excluding carboxylic acids is 1. The number of halogens is 1. The molecule has 0 aliphatic carbocycles. The normalized spacial score (nSPS) is 15.6. The SMILES string of the molecule is CC(C)[C@@H](Oc1cccc(F)c1)[C@H](C)OC(=O)[C@H](C)N. The van der Waals surface area contributed by atoms with Crippen molar-refractivity contribution in [1.29, 1.82) is 0 Å². The first-order chi connectivity index (χ1) is 9.31. The van der Waals surface area contributed by atoms with Gasteiger partial charge < -0.3 is 15.2 Å². The Kier molecular flexibility index (Phi) is 5.95. The van der Waals surface area contributed by atoms with Gasteiger partial charge in [0.15, 0.2) is 0 Å². The lowest BCUT2D eigenvalue weighted by molar-refractivity contribution is -0.155. The van der Waals surface area contributed by atoms with E-state index in [1.165, 1.54) is 12.1 Å². The van der Waals surface area contributed by atoms with Gasteiger partial charge in [-0.15, -0.1) is 0 Å². The van der Waals surface area contributed by atoms with Crippen LogP contribution in [-0.2, 0) is 9.53 Å². The van der Waals surface area contributed by atoms with Gasteiger partial charge >= 0.3 is 5.97 Å². The molecule has 0 spiro atoms. The van der Waals surface area contributed by atoms with Gasteiger partial charge in [0, 0.05) is 6.07 Å². The van der Waals surface area contributed by atoms with E-state index in [0.29, 0.717) is 5.75 Å². The Labute approximate surface area is 119 Å². The molecule has 1 aromatic rings. The molecule has 0 amide bonds. The van der Waals surface area contributed by atoms with Crippen LogP contribution in [0.2, 0.25) is 0 Å². The maximum atomic E-state index is 13.2. The fraction of sp³-hybridized carbons (Fsp3) is 0.533. The van der Waals surface area contributed by atoms with Crippen LogP contribution in [0.5, 0.6) is 5.75 Å². The molecule has 0 fully saturated rings. The first-order valence-electron chi connectivity index (χ1n) is 6.69. The summed E-state index contributed by atoms with van der Waals surface area (Å²) in [4.78, 5) is 11.5. The minimum absolute atomic E-state index is 0.0918. The highest BCUT2D eigenvalue weighted by atomic mass is 19.1. The zero-order valence-electron chi connectivity index (χ0n) is 12.3. The second-order valence-electron chi connectivity index (χ2n) is 5.21. The number of rotatable bonds is 6. The van der Waals surface area contributed by atoms with Crippen molar-refractivity contribution in [3.63, 3.8) is 0 Å². The Bertz CT molecular complexity index is 448. The van der Waals surface area contributed by atoms with Crippen molar-refractivity contribution in [1.82, 2.24) is 0 Å². The zero-order chi connectivity index (χ0) is 15.3. The van der Waals surface area contributed by atoms with Crippen LogP contribution in [0.3, 0.4) is 0 Å². The van der Waals surface area contributed by atoms with Crippen LogP contribution >= 0.6 is 0 Å². The smallest absolute Gasteiger partial charge is 0.323 e. The second kappa shape index (κ2) is 7.24. The molecule has 1 rings (SSSR count). The molecular weight excluding hydrogens is 261 g/mol. The molecule has 0 unspecified atom stereocenters. The summed E-state index contributed by atoms with van der Waals surface area (Å²) in [7, 11) is 0. The second-order valence-corrected chi connectivity index (χ2v) is 5.21. The van der Waals surface area contributed by atoms with Gasteiger partial charge in [0.25, 0.3) is 0 Å². The van der Waals surface area contributed by atoms with Gasteiger partial charge in [0.1, 0.15) is 29.8 Å². The molecule has 0 heterocycles. The Morgan fingerprint density at radius 2 is 1.90 bits per heavy atom. The summed E-state index contributed by atoms with van der Waals surface area (Å²) in [5.41, 5.74) is 5.47. The average molecular weight is 283 g/mol. The highest BCUT2D eigenvalue weighted by Gasteiger charge is 2.27. The maximum Gasteiger partial charge on any atom is 0.323 e. The Morgan fingerprint density at radius 1 is 1.25 bits per heavy atom. The number of benzene rings is 1. The lowest BCUT2D eigenvalue weighted by atomic mass is 10.0. The number of carbonyl (C=O) groups is 1. The molecular formula is C15H22FNO3. The first-order valence-corrected chi connectivity index (χ1v) is 6.69. The molecule has 3 atom stereocenters. The molecule has 0 saturated heterocycles. The van der Waals surface area contributed by atoms with E-state index in [0.717, 1.165) is 0 Å². The van der Waals surface area contributed by atoms with Gasteiger partial charge in [0.2, 0.25) is 0 Å². The van der Waals surface area contributed by atoms with Crippen molar-refractivity contribution in [2.24, 2.45) is 11.7 Å². The van der Waals surface area contributed by atoms with Gasteiger partial charge in [-0.1, -0.05) is 19.9 Å². The van der Waals surface area contributed by atoms with Gasteiger partial charge in [-0.2, -0.15) is 0 Å². The quantitative estimate of drug-likeness (QED) is 0.815. The molecule has 0 bridgehead atoms. The summed E-state index contributed by atoms with van der Waals surface area (Å²) in [6, 6.07) is 5.20. The van der Waals surface area contributed by atoms with Crippen LogP contribution in [0.15, 0.2) is 24.3 Å². The Hall–Kier alpha value is -1.62. The average Bonchev–Trinajstić information content (AvgIpc) is 2.35. The number of ether oxygens (including phenoxy) is 2. The third-order valence-electron chi connectivity index (χ3n) is 2.86. The van der Waals surface area contributed by atoms with E-state index >= 15 is 0 Å². The van der Waals surface area contributed by atoms with Crippen molar-refractivity contribution in [2.45, 2.75) is 45.9 Å². The summed E-state index contributed by atoms with van der Waals surface area (Å²) in [5.74, 6) is -0.349. The highest BCUT2D eigenvalue weighted by Crippen LogP contribution is 2.20. The van der Waals surface area contributed by atoms with Gasteiger partial charge in [-0.05, 0) is 31.9 Å². The molecule has 0 aliphatic heterocycles. The predicted molar refractivity (Wildman–Crippen MR) is 74.9 cm³/mol. The largest absolute Gasteiger partial charge is 0.486 e. The summed E-state index contributed by atoms with van der Waals surface area (Å²) in [6.07, 6.45) is -0.851. The van der Waals surface area contributed by atoms with E-state index in [4.69, 9.17) is 15.2 Å². The minimum atomic E-state index is -0.681. The Morgan fingerprint density at radius 3 is 2.40 bits per heavy atom. The van der Waals surface area contributed by atoms with E-state index in [2.05, 4.69) is 0 Å². The molecule has 0 saturated carbocycles. The van der Waals surface area contributed by atoms with E-state index in [9.17, 15) is 9.18 Å². The predicted octanol–water partition coefficient (Wildman–Crippen LogP) is 2.51. The fourth-order valence-corrected chi connectivity index (χ4v) is 1.83. The Balaban J connectivity index is 2.76. The van der Waals surface area contributed by atoms with E-state index in [1.54, 1.807) is 26.0 Å². The van der Waals surface area contributed by atoms with Gasteiger partial charge in [0.05, 0.1) is 0 Å². The molecule has 4 nitrogen and oxygen atoms in total. The van der Waals surface area contributed by atoms with Crippen molar-refractivity contribution in [3.05, 3.63) is 30.1 Å². The van der Waals surface area contributed by atoms with E-state index < -0.39 is 18.1 Å². The lowest BCUT2D eigenvalue weighted by Crippen LogP contribution is -2.41. The summed E-state index contributed by atoms with van der Waals surface area (Å²) in [6.45, 7) is 7.19. The lowest BCUT2D eigenvalue weighted by Gasteiger charge is -2.28. The van der Waals surface area contributed by atoms with Gasteiger partial charge in [-0.3, -0.25) is 4.79 Å². The first kappa shape index (κ1) is 16.4. The third kappa shape index (κ3) is 4.81. The van der Waals surface area contributed by atoms with Crippen LogP contribution in [0, 0.1) is 11.7 Å². The van der Waals surface area contributed by atoms with Crippen LogP contribution in [-0.4, -0.2) is 24.2 Å². The summed E-state index contributed by atoms with van der Waals surface area (Å²) >= 11 is 0. The number of hydrogen-bond acceptors (Lipinski definition) is 4. The minimum Gasteiger partial charge on any atom is -0.486 e. The van der Waals surface area contributed by atoms with Crippen LogP contribution < -0.4 is 10.5 Å². The molecule has 2 N–H and O–H groups in total. The van der Waals surface area contributed by atoms with Crippen LogP contribution in [0.4, 0.5) is 4.39 Å².